The molecule has 1 amide bonds. The molecular formula is C12H15N3O2S. The Morgan fingerprint density at radius 1 is 1.56 bits per heavy atom. The fourth-order valence-electron chi connectivity index (χ4n) is 2.17. The largest absolute Gasteiger partial charge is 0.375 e. The molecule has 1 aliphatic rings. The number of nitrogens with zero attached hydrogens (tertiary/aromatic N) is 3. The highest BCUT2D eigenvalue weighted by molar-refractivity contribution is 7.18. The maximum absolute atomic E-state index is 12.3. The molecule has 0 N–H and O–H groups in total. The molecule has 0 aromatic carbocycles. The number of fused-ring (bicyclic) bond motifs is 1. The molecule has 2 aromatic heterocycles. The van der Waals surface area contributed by atoms with Crippen LogP contribution in [0.2, 0.25) is 0 Å². The number of carbonyl (C=O) groups is 1. The van der Waals surface area contributed by atoms with Crippen molar-refractivity contribution in [1.82, 2.24) is 14.3 Å². The molecule has 18 heavy (non-hydrogen) atoms. The van der Waals surface area contributed by atoms with Gasteiger partial charge in [-0.25, -0.2) is 4.98 Å². The molecule has 3 heterocycles. The predicted molar refractivity (Wildman–Crippen MR) is 69.1 cm³/mol. The van der Waals surface area contributed by atoms with Gasteiger partial charge in [-0.2, -0.15) is 0 Å². The van der Waals surface area contributed by atoms with Crippen LogP contribution in [-0.2, 0) is 4.74 Å². The first-order valence-electron chi connectivity index (χ1n) is 5.99. The summed E-state index contributed by atoms with van der Waals surface area (Å²) in [5.41, 5.74) is 0.972. The van der Waals surface area contributed by atoms with Crippen molar-refractivity contribution in [3.8, 4) is 0 Å². The van der Waals surface area contributed by atoms with E-state index in [9.17, 15) is 4.79 Å². The number of carbonyl (C=O) groups excluding carboxylic acids is 1. The van der Waals surface area contributed by atoms with E-state index in [4.69, 9.17) is 4.74 Å². The van der Waals surface area contributed by atoms with Gasteiger partial charge in [0.2, 0.25) is 0 Å². The number of aryl methyl sites for hydroxylation is 1. The van der Waals surface area contributed by atoms with Crippen LogP contribution < -0.4 is 0 Å². The van der Waals surface area contributed by atoms with Crippen molar-refractivity contribution >= 4 is 22.2 Å². The van der Waals surface area contributed by atoms with Crippen LogP contribution in [0.25, 0.3) is 4.96 Å². The minimum absolute atomic E-state index is 0.0818. The third-order valence-electron chi connectivity index (χ3n) is 3.02. The van der Waals surface area contributed by atoms with Crippen LogP contribution in [0.15, 0.2) is 12.4 Å². The van der Waals surface area contributed by atoms with Crippen molar-refractivity contribution in [1.29, 1.82) is 0 Å². The van der Waals surface area contributed by atoms with Crippen molar-refractivity contribution in [3.05, 3.63) is 23.0 Å². The van der Waals surface area contributed by atoms with E-state index in [0.717, 1.165) is 15.5 Å². The Hall–Kier alpha value is -1.40. The molecule has 96 valence electrons. The summed E-state index contributed by atoms with van der Waals surface area (Å²) in [5, 5.41) is 0. The Bertz CT molecular complexity index is 558. The number of morpholine rings is 1. The van der Waals surface area contributed by atoms with E-state index in [1.54, 1.807) is 0 Å². The smallest absolute Gasteiger partial charge is 0.265 e. The van der Waals surface area contributed by atoms with Gasteiger partial charge in [0, 0.05) is 25.5 Å². The van der Waals surface area contributed by atoms with Crippen LogP contribution in [0.3, 0.4) is 0 Å². The van der Waals surface area contributed by atoms with E-state index >= 15 is 0 Å². The number of hydrogen-bond donors (Lipinski definition) is 0. The van der Waals surface area contributed by atoms with Gasteiger partial charge in [-0.05, 0) is 13.8 Å². The SMILES string of the molecule is Cc1cn2cc(C(=O)N3CCO[C@@H](C)C3)sc2n1. The molecule has 5 nitrogen and oxygen atoms in total. The molecule has 6 heteroatoms. The molecule has 2 aromatic rings. The van der Waals surface area contributed by atoms with Crippen LogP contribution in [0.5, 0.6) is 0 Å². The Kier molecular flexibility index (Phi) is 2.83. The van der Waals surface area contributed by atoms with Crippen LogP contribution in [0.1, 0.15) is 22.3 Å². The van der Waals surface area contributed by atoms with Gasteiger partial charge < -0.3 is 9.64 Å². The van der Waals surface area contributed by atoms with Crippen LogP contribution in [-0.4, -0.2) is 46.0 Å². The zero-order valence-electron chi connectivity index (χ0n) is 10.4. The van der Waals surface area contributed by atoms with Gasteiger partial charge in [-0.1, -0.05) is 11.3 Å². The van der Waals surface area contributed by atoms with Gasteiger partial charge in [0.25, 0.3) is 5.91 Å². The summed E-state index contributed by atoms with van der Waals surface area (Å²) in [6.07, 6.45) is 3.92. The summed E-state index contributed by atoms with van der Waals surface area (Å²) in [6, 6.07) is 0. The van der Waals surface area contributed by atoms with Crippen LogP contribution in [0, 0.1) is 6.92 Å². The summed E-state index contributed by atoms with van der Waals surface area (Å²) in [4.78, 5) is 20.2. The first-order chi connectivity index (χ1) is 8.63. The fraction of sp³-hybridized carbons (Fsp3) is 0.500. The van der Waals surface area contributed by atoms with Gasteiger partial charge in [0.1, 0.15) is 4.88 Å². The molecule has 0 aliphatic carbocycles. The van der Waals surface area contributed by atoms with E-state index in [0.29, 0.717) is 19.7 Å². The molecule has 3 rings (SSSR count). The zero-order chi connectivity index (χ0) is 12.7. The molecule has 1 atom stereocenters. The van der Waals surface area contributed by atoms with Gasteiger partial charge >= 0.3 is 0 Å². The lowest BCUT2D eigenvalue weighted by Gasteiger charge is -2.30. The average Bonchev–Trinajstić information content (AvgIpc) is 2.85. The molecule has 1 aliphatic heterocycles. The average molecular weight is 265 g/mol. The highest BCUT2D eigenvalue weighted by Gasteiger charge is 2.24. The van der Waals surface area contributed by atoms with Crippen LogP contribution >= 0.6 is 11.3 Å². The van der Waals surface area contributed by atoms with E-state index in [2.05, 4.69) is 4.98 Å². The lowest BCUT2D eigenvalue weighted by atomic mass is 10.3. The summed E-state index contributed by atoms with van der Waals surface area (Å²) in [6.45, 7) is 5.89. The predicted octanol–water partition coefficient (Wildman–Crippen LogP) is 1.57. The summed E-state index contributed by atoms with van der Waals surface area (Å²) in [7, 11) is 0. The number of imidazole rings is 1. The second-order valence-electron chi connectivity index (χ2n) is 4.60. The maximum atomic E-state index is 12.3. The van der Waals surface area contributed by atoms with Crippen LogP contribution in [0.4, 0.5) is 0 Å². The molecule has 1 saturated heterocycles. The summed E-state index contributed by atoms with van der Waals surface area (Å²) in [5.74, 6) is 0.0818. The molecule has 0 saturated carbocycles. The normalized spacial score (nSPS) is 20.6. The quantitative estimate of drug-likeness (QED) is 0.786. The zero-order valence-corrected chi connectivity index (χ0v) is 11.2. The van der Waals surface area contributed by atoms with E-state index < -0.39 is 0 Å². The van der Waals surface area contributed by atoms with Crippen molar-refractivity contribution < 1.29 is 9.53 Å². The van der Waals surface area contributed by atoms with Crippen molar-refractivity contribution in [3.63, 3.8) is 0 Å². The standard InChI is InChI=1S/C12H15N3O2S/c1-8-5-15-7-10(18-12(15)13-8)11(16)14-3-4-17-9(2)6-14/h5,7,9H,3-4,6H2,1-2H3/t9-/m0/s1. The van der Waals surface area contributed by atoms with E-state index in [-0.39, 0.29) is 12.0 Å². The summed E-state index contributed by atoms with van der Waals surface area (Å²) < 4.78 is 7.36. The minimum atomic E-state index is 0.0818. The molecule has 1 fully saturated rings. The van der Waals surface area contributed by atoms with E-state index in [1.165, 1.54) is 11.3 Å². The number of rotatable bonds is 1. The third-order valence-corrected chi connectivity index (χ3v) is 4.00. The lowest BCUT2D eigenvalue weighted by molar-refractivity contribution is -0.0122. The number of hydrogen-bond acceptors (Lipinski definition) is 4. The lowest BCUT2D eigenvalue weighted by Crippen LogP contribution is -2.44. The Balaban J connectivity index is 1.84. The monoisotopic (exact) mass is 265 g/mol. The van der Waals surface area contributed by atoms with Crippen molar-refractivity contribution in [2.75, 3.05) is 19.7 Å². The minimum Gasteiger partial charge on any atom is -0.375 e. The number of ether oxygens (including phenoxy) is 1. The topological polar surface area (TPSA) is 46.8 Å². The van der Waals surface area contributed by atoms with Gasteiger partial charge in [-0.15, -0.1) is 0 Å². The Morgan fingerprint density at radius 3 is 3.11 bits per heavy atom. The first kappa shape index (κ1) is 11.7. The fourth-order valence-corrected chi connectivity index (χ4v) is 3.15. The number of aromatic nitrogens is 2. The first-order valence-corrected chi connectivity index (χ1v) is 6.81. The van der Waals surface area contributed by atoms with Crippen molar-refractivity contribution in [2.45, 2.75) is 20.0 Å². The van der Waals surface area contributed by atoms with Gasteiger partial charge in [0.15, 0.2) is 4.96 Å². The van der Waals surface area contributed by atoms with Gasteiger partial charge in [-0.3, -0.25) is 9.20 Å². The molecule has 0 bridgehead atoms. The molecule has 0 spiro atoms. The maximum Gasteiger partial charge on any atom is 0.265 e. The highest BCUT2D eigenvalue weighted by atomic mass is 32.1. The summed E-state index contributed by atoms with van der Waals surface area (Å²) >= 11 is 1.44. The number of amides is 1. The van der Waals surface area contributed by atoms with Crippen molar-refractivity contribution in [2.24, 2.45) is 0 Å². The highest BCUT2D eigenvalue weighted by Crippen LogP contribution is 2.20. The van der Waals surface area contributed by atoms with E-state index in [1.807, 2.05) is 35.5 Å². The third kappa shape index (κ3) is 2.02. The molecule has 0 unspecified atom stereocenters. The molecule has 0 radical (unpaired) electrons. The Morgan fingerprint density at radius 2 is 2.39 bits per heavy atom. The van der Waals surface area contributed by atoms with Gasteiger partial charge in [0.05, 0.1) is 18.4 Å². The number of thiazole rings is 1. The second kappa shape index (κ2) is 4.37. The Labute approximate surface area is 109 Å². The second-order valence-corrected chi connectivity index (χ2v) is 5.61. The molecular weight excluding hydrogens is 250 g/mol.